The Labute approximate surface area is 207 Å². The molecule has 5 N–H and O–H groups in total. The molecule has 4 aromatic rings. The number of aromatic nitrogens is 2. The number of nitrogens with two attached hydrogens (primary N) is 1. The first kappa shape index (κ1) is 23.4. The molecule has 0 saturated carbocycles. The normalized spacial score (nSPS) is 14.4. The van der Waals surface area contributed by atoms with Gasteiger partial charge in [-0.15, -0.1) is 0 Å². The third kappa shape index (κ3) is 4.15. The monoisotopic (exact) mass is 483 g/mol. The summed E-state index contributed by atoms with van der Waals surface area (Å²) < 4.78 is 0. The molecule has 0 fully saturated rings. The number of aliphatic hydroxyl groups excluding tert-OH is 1. The number of carbonyl (C=O) groups is 2. The molecule has 0 aliphatic carbocycles. The molecule has 1 atom stereocenters. The number of hydrogen-bond donors (Lipinski definition) is 4. The van der Waals surface area contributed by atoms with Gasteiger partial charge in [-0.05, 0) is 34.4 Å². The Hall–Kier alpha value is -4.34. The first-order chi connectivity index (χ1) is 17.4. The van der Waals surface area contributed by atoms with Gasteiger partial charge in [-0.1, -0.05) is 60.7 Å². The third-order valence-corrected chi connectivity index (χ3v) is 6.58. The van der Waals surface area contributed by atoms with E-state index < -0.39 is 18.1 Å². The van der Waals surface area contributed by atoms with Gasteiger partial charge in [0.2, 0.25) is 5.95 Å². The van der Waals surface area contributed by atoms with Crippen LogP contribution in [0.1, 0.15) is 32.7 Å². The second-order valence-corrected chi connectivity index (χ2v) is 8.80. The van der Waals surface area contributed by atoms with Crippen molar-refractivity contribution >= 4 is 28.7 Å². The molecule has 1 amide bonds. The number of carbonyl (C=O) groups excluding carboxylic acids is 1. The Balaban J connectivity index is 1.55. The molecule has 0 spiro atoms. The predicted molar refractivity (Wildman–Crippen MR) is 134 cm³/mol. The van der Waals surface area contributed by atoms with E-state index in [2.05, 4.69) is 15.3 Å². The standard InChI is InChI=1S/C27H25N5O4/c28-26-30-22-11-10-20(27(16-33,25(35)36)29-13-17-6-2-1-3-7-17)12-21(22)23(31-26)24(34)32-14-18-8-4-5-9-19(18)15-32/h1-12,29,33H,13-16H2,(H,35,36)(H2,28,30,31). The maximum atomic E-state index is 13.6. The molecule has 1 unspecified atom stereocenters. The van der Waals surface area contributed by atoms with Crippen molar-refractivity contribution in [2.24, 2.45) is 0 Å². The minimum Gasteiger partial charge on any atom is -0.480 e. The summed E-state index contributed by atoms with van der Waals surface area (Å²) in [5.74, 6) is -1.63. The maximum absolute atomic E-state index is 13.6. The van der Waals surface area contributed by atoms with E-state index in [1.807, 2.05) is 54.6 Å². The average molecular weight is 484 g/mol. The van der Waals surface area contributed by atoms with Crippen LogP contribution in [0.4, 0.5) is 5.95 Å². The Kier molecular flexibility index (Phi) is 6.09. The number of amides is 1. The zero-order chi connectivity index (χ0) is 25.3. The lowest BCUT2D eigenvalue weighted by Crippen LogP contribution is -2.51. The topological polar surface area (TPSA) is 142 Å². The van der Waals surface area contributed by atoms with Gasteiger partial charge in [-0.2, -0.15) is 0 Å². The van der Waals surface area contributed by atoms with E-state index in [4.69, 9.17) is 5.73 Å². The SMILES string of the molecule is Nc1nc(C(=O)N2Cc3ccccc3C2)c2cc(C(CO)(NCc3ccccc3)C(=O)O)ccc2n1. The van der Waals surface area contributed by atoms with E-state index >= 15 is 0 Å². The van der Waals surface area contributed by atoms with Crippen LogP contribution in [0, 0.1) is 0 Å². The number of fused-ring (bicyclic) bond motifs is 2. The molecule has 1 aliphatic rings. The molecule has 36 heavy (non-hydrogen) atoms. The second kappa shape index (κ2) is 9.37. The molecule has 2 heterocycles. The van der Waals surface area contributed by atoms with Gasteiger partial charge in [0.25, 0.3) is 5.91 Å². The number of rotatable bonds is 7. The number of nitrogens with zero attached hydrogens (tertiary/aromatic N) is 3. The summed E-state index contributed by atoms with van der Waals surface area (Å²) in [5.41, 5.74) is 7.86. The molecule has 9 nitrogen and oxygen atoms in total. The van der Waals surface area contributed by atoms with E-state index in [0.717, 1.165) is 16.7 Å². The first-order valence-electron chi connectivity index (χ1n) is 11.5. The van der Waals surface area contributed by atoms with Crippen LogP contribution in [0.2, 0.25) is 0 Å². The van der Waals surface area contributed by atoms with Crippen LogP contribution in [0.5, 0.6) is 0 Å². The molecular formula is C27H25N5O4. The highest BCUT2D eigenvalue weighted by atomic mass is 16.4. The lowest BCUT2D eigenvalue weighted by atomic mass is 9.89. The lowest BCUT2D eigenvalue weighted by molar-refractivity contribution is -0.147. The Bertz CT molecular complexity index is 1430. The van der Waals surface area contributed by atoms with Crippen LogP contribution >= 0.6 is 0 Å². The van der Waals surface area contributed by atoms with Crippen LogP contribution < -0.4 is 11.1 Å². The summed E-state index contributed by atoms with van der Waals surface area (Å²) in [6.45, 7) is 0.381. The number of benzene rings is 3. The summed E-state index contributed by atoms with van der Waals surface area (Å²) in [6.07, 6.45) is 0. The molecular weight excluding hydrogens is 458 g/mol. The van der Waals surface area contributed by atoms with Crippen molar-refractivity contribution in [1.82, 2.24) is 20.2 Å². The van der Waals surface area contributed by atoms with E-state index in [1.54, 1.807) is 23.1 Å². The number of anilines is 1. The highest BCUT2D eigenvalue weighted by Crippen LogP contribution is 2.30. The summed E-state index contributed by atoms with van der Waals surface area (Å²) in [5, 5.41) is 23.8. The highest BCUT2D eigenvalue weighted by Gasteiger charge is 2.40. The summed E-state index contributed by atoms with van der Waals surface area (Å²) in [7, 11) is 0. The van der Waals surface area contributed by atoms with Crippen LogP contribution in [-0.4, -0.2) is 43.6 Å². The summed E-state index contributed by atoms with van der Waals surface area (Å²) >= 11 is 0. The van der Waals surface area contributed by atoms with Crippen molar-refractivity contribution in [2.75, 3.05) is 12.3 Å². The van der Waals surface area contributed by atoms with Gasteiger partial charge in [-0.25, -0.2) is 14.8 Å². The fourth-order valence-electron chi connectivity index (χ4n) is 4.57. The van der Waals surface area contributed by atoms with Gasteiger partial charge in [-0.3, -0.25) is 10.1 Å². The van der Waals surface area contributed by atoms with Crippen molar-refractivity contribution in [3.05, 3.63) is 101 Å². The number of nitrogens with one attached hydrogen (secondary N) is 1. The van der Waals surface area contributed by atoms with Crippen molar-refractivity contribution in [2.45, 2.75) is 25.2 Å². The molecule has 0 bridgehead atoms. The molecule has 0 saturated heterocycles. The van der Waals surface area contributed by atoms with E-state index in [9.17, 15) is 19.8 Å². The molecule has 1 aromatic heterocycles. The number of carboxylic acids is 1. The van der Waals surface area contributed by atoms with Gasteiger partial charge in [0.1, 0.15) is 5.69 Å². The minimum absolute atomic E-state index is 0.0517. The average Bonchev–Trinajstić information content (AvgIpc) is 3.33. The number of aliphatic hydroxyl groups is 1. The van der Waals surface area contributed by atoms with Gasteiger partial charge in [0.15, 0.2) is 5.54 Å². The van der Waals surface area contributed by atoms with Crippen molar-refractivity contribution in [3.8, 4) is 0 Å². The second-order valence-electron chi connectivity index (χ2n) is 8.80. The van der Waals surface area contributed by atoms with Crippen LogP contribution in [-0.2, 0) is 30.0 Å². The smallest absolute Gasteiger partial charge is 0.331 e. The molecule has 3 aromatic carbocycles. The molecule has 182 valence electrons. The van der Waals surface area contributed by atoms with Gasteiger partial charge in [0, 0.05) is 25.0 Å². The van der Waals surface area contributed by atoms with E-state index in [1.165, 1.54) is 0 Å². The van der Waals surface area contributed by atoms with Crippen LogP contribution in [0.25, 0.3) is 10.9 Å². The fraction of sp³-hybridized carbons (Fsp3) is 0.185. The molecule has 9 heteroatoms. The molecule has 5 rings (SSSR count). The van der Waals surface area contributed by atoms with Crippen molar-refractivity contribution < 1.29 is 19.8 Å². The van der Waals surface area contributed by atoms with Gasteiger partial charge >= 0.3 is 5.97 Å². The number of carboxylic acid groups (broad SMARTS) is 1. The van der Waals surface area contributed by atoms with Crippen LogP contribution in [0.3, 0.4) is 0 Å². The van der Waals surface area contributed by atoms with Gasteiger partial charge < -0.3 is 20.8 Å². The summed E-state index contributed by atoms with van der Waals surface area (Å²) in [4.78, 5) is 36.2. The number of nitrogen functional groups attached to an aromatic ring is 1. The molecule has 0 radical (unpaired) electrons. The fourth-order valence-corrected chi connectivity index (χ4v) is 4.57. The largest absolute Gasteiger partial charge is 0.480 e. The maximum Gasteiger partial charge on any atom is 0.331 e. The Morgan fingerprint density at radius 1 is 0.972 bits per heavy atom. The lowest BCUT2D eigenvalue weighted by Gasteiger charge is -2.29. The van der Waals surface area contributed by atoms with Crippen molar-refractivity contribution in [1.29, 1.82) is 0 Å². The van der Waals surface area contributed by atoms with Crippen LogP contribution in [0.15, 0.2) is 72.8 Å². The minimum atomic E-state index is -1.81. The van der Waals surface area contributed by atoms with Crippen molar-refractivity contribution in [3.63, 3.8) is 0 Å². The predicted octanol–water partition coefficient (Wildman–Crippen LogP) is 2.43. The zero-order valence-corrected chi connectivity index (χ0v) is 19.4. The third-order valence-electron chi connectivity index (χ3n) is 6.58. The number of hydrogen-bond acceptors (Lipinski definition) is 7. The van der Waals surface area contributed by atoms with Gasteiger partial charge in [0.05, 0.1) is 12.1 Å². The van der Waals surface area contributed by atoms with E-state index in [-0.39, 0.29) is 29.7 Å². The highest BCUT2D eigenvalue weighted by molar-refractivity contribution is 6.05. The zero-order valence-electron chi connectivity index (χ0n) is 19.4. The first-order valence-corrected chi connectivity index (χ1v) is 11.5. The van der Waals surface area contributed by atoms with E-state index in [0.29, 0.717) is 24.0 Å². The molecule has 1 aliphatic heterocycles. The summed E-state index contributed by atoms with van der Waals surface area (Å²) in [6, 6.07) is 21.8. The Morgan fingerprint density at radius 3 is 2.28 bits per heavy atom. The quantitative estimate of drug-likeness (QED) is 0.314. The number of aliphatic carboxylic acids is 1. The Morgan fingerprint density at radius 2 is 1.64 bits per heavy atom.